The number of piperidine rings is 1. The van der Waals surface area contributed by atoms with Gasteiger partial charge in [0.05, 0.1) is 5.69 Å². The predicted octanol–water partition coefficient (Wildman–Crippen LogP) is 2.64. The van der Waals surface area contributed by atoms with E-state index in [1.54, 1.807) is 0 Å². The van der Waals surface area contributed by atoms with Crippen LogP contribution in [0.1, 0.15) is 49.9 Å². The number of guanidine groups is 1. The first-order valence-electron chi connectivity index (χ1n) is 10.7. The second-order valence-corrected chi connectivity index (χ2v) is 7.68. The standard InChI is InChI=1S/C21H34N8.HI/c1-4-5-11-23-21(24-15-20-27-26-17(2)28(20)3)25-18-9-13-29(14-10-18)16-19-8-6-7-12-22-19;/h6-8,12,18H,4-5,9-11,13-16H2,1-3H3,(H2,23,24,25);1H. The lowest BCUT2D eigenvalue weighted by Crippen LogP contribution is -2.48. The van der Waals surface area contributed by atoms with E-state index in [2.05, 4.69) is 49.8 Å². The smallest absolute Gasteiger partial charge is 0.191 e. The summed E-state index contributed by atoms with van der Waals surface area (Å²) < 4.78 is 1.99. The second-order valence-electron chi connectivity index (χ2n) is 7.68. The maximum absolute atomic E-state index is 4.77. The van der Waals surface area contributed by atoms with Crippen molar-refractivity contribution in [3.05, 3.63) is 41.7 Å². The number of nitrogens with zero attached hydrogens (tertiary/aromatic N) is 6. The Morgan fingerprint density at radius 1 is 1.23 bits per heavy atom. The fourth-order valence-corrected chi connectivity index (χ4v) is 3.42. The molecule has 1 fully saturated rings. The fourth-order valence-electron chi connectivity index (χ4n) is 3.42. The number of aliphatic imine (C=N–C) groups is 1. The van der Waals surface area contributed by atoms with E-state index in [4.69, 9.17) is 4.99 Å². The summed E-state index contributed by atoms with van der Waals surface area (Å²) in [6.45, 7) is 8.67. The highest BCUT2D eigenvalue weighted by molar-refractivity contribution is 14.0. The lowest BCUT2D eigenvalue weighted by Gasteiger charge is -2.33. The van der Waals surface area contributed by atoms with Gasteiger partial charge in [0.2, 0.25) is 0 Å². The van der Waals surface area contributed by atoms with Crippen LogP contribution < -0.4 is 10.6 Å². The van der Waals surface area contributed by atoms with Gasteiger partial charge < -0.3 is 15.2 Å². The minimum absolute atomic E-state index is 0. The van der Waals surface area contributed by atoms with Crippen LogP contribution in [0.4, 0.5) is 0 Å². The molecule has 1 aliphatic rings. The summed E-state index contributed by atoms with van der Waals surface area (Å²) in [5.74, 6) is 2.66. The van der Waals surface area contributed by atoms with Crippen LogP contribution in [0.3, 0.4) is 0 Å². The van der Waals surface area contributed by atoms with Crippen LogP contribution in [0, 0.1) is 6.92 Å². The van der Waals surface area contributed by atoms with E-state index >= 15 is 0 Å². The van der Waals surface area contributed by atoms with E-state index in [1.807, 2.05) is 30.8 Å². The third-order valence-electron chi connectivity index (χ3n) is 5.42. The van der Waals surface area contributed by atoms with Crippen LogP contribution in [0.15, 0.2) is 29.4 Å². The van der Waals surface area contributed by atoms with Gasteiger partial charge in [0.1, 0.15) is 12.4 Å². The summed E-state index contributed by atoms with van der Waals surface area (Å²) in [4.78, 5) is 11.7. The molecule has 0 atom stereocenters. The normalized spacial score (nSPS) is 15.6. The van der Waals surface area contributed by atoms with Gasteiger partial charge in [0.15, 0.2) is 11.8 Å². The molecule has 0 amide bonds. The monoisotopic (exact) mass is 526 g/mol. The van der Waals surface area contributed by atoms with Crippen molar-refractivity contribution in [3.8, 4) is 0 Å². The largest absolute Gasteiger partial charge is 0.356 e. The molecule has 2 aromatic rings. The van der Waals surface area contributed by atoms with Crippen molar-refractivity contribution < 1.29 is 0 Å². The average molecular weight is 526 g/mol. The first-order valence-corrected chi connectivity index (χ1v) is 10.7. The molecule has 0 aromatic carbocycles. The van der Waals surface area contributed by atoms with Crippen molar-refractivity contribution in [3.63, 3.8) is 0 Å². The van der Waals surface area contributed by atoms with Gasteiger partial charge in [0, 0.05) is 45.5 Å². The Bertz CT molecular complexity index is 769. The van der Waals surface area contributed by atoms with E-state index < -0.39 is 0 Å². The van der Waals surface area contributed by atoms with Crippen LogP contribution in [0.2, 0.25) is 0 Å². The first-order chi connectivity index (χ1) is 14.2. The molecule has 0 bridgehead atoms. The number of likely N-dealkylation sites (tertiary alicyclic amines) is 1. The highest BCUT2D eigenvalue weighted by Crippen LogP contribution is 2.13. The van der Waals surface area contributed by atoms with Gasteiger partial charge in [-0.05, 0) is 38.3 Å². The Kier molecular flexibility index (Phi) is 10.5. The third-order valence-corrected chi connectivity index (χ3v) is 5.42. The van der Waals surface area contributed by atoms with Crippen molar-refractivity contribution in [1.29, 1.82) is 0 Å². The summed E-state index contributed by atoms with van der Waals surface area (Å²) in [5, 5.41) is 15.4. The SMILES string of the molecule is CCCCNC(=NCc1nnc(C)n1C)NC1CCN(Cc2ccccn2)CC1.I. The zero-order valence-corrected chi connectivity index (χ0v) is 20.7. The predicted molar refractivity (Wildman–Crippen MR) is 131 cm³/mol. The zero-order chi connectivity index (χ0) is 20.5. The molecule has 0 radical (unpaired) electrons. The molecule has 9 heteroatoms. The summed E-state index contributed by atoms with van der Waals surface area (Å²) in [6, 6.07) is 6.55. The Morgan fingerprint density at radius 2 is 2.03 bits per heavy atom. The number of nitrogens with one attached hydrogen (secondary N) is 2. The molecule has 3 rings (SSSR count). The van der Waals surface area contributed by atoms with Crippen LogP contribution in [0.25, 0.3) is 0 Å². The first kappa shape index (κ1) is 24.5. The van der Waals surface area contributed by atoms with E-state index in [1.165, 1.54) is 0 Å². The highest BCUT2D eigenvalue weighted by Gasteiger charge is 2.20. The zero-order valence-electron chi connectivity index (χ0n) is 18.3. The van der Waals surface area contributed by atoms with Crippen LogP contribution in [0.5, 0.6) is 0 Å². The van der Waals surface area contributed by atoms with Gasteiger partial charge in [-0.3, -0.25) is 9.88 Å². The summed E-state index contributed by atoms with van der Waals surface area (Å²) in [7, 11) is 1.98. The Morgan fingerprint density at radius 3 is 2.67 bits per heavy atom. The van der Waals surface area contributed by atoms with Crippen LogP contribution >= 0.6 is 24.0 Å². The van der Waals surface area contributed by atoms with Crippen molar-refractivity contribution >= 4 is 29.9 Å². The molecule has 0 saturated carbocycles. The second kappa shape index (κ2) is 12.8. The lowest BCUT2D eigenvalue weighted by molar-refractivity contribution is 0.196. The van der Waals surface area contributed by atoms with Gasteiger partial charge >= 0.3 is 0 Å². The maximum Gasteiger partial charge on any atom is 0.191 e. The number of aromatic nitrogens is 4. The van der Waals surface area contributed by atoms with Gasteiger partial charge in [0.25, 0.3) is 0 Å². The molecule has 8 nitrogen and oxygen atoms in total. The van der Waals surface area contributed by atoms with Crippen molar-refractivity contribution in [1.82, 2.24) is 35.3 Å². The van der Waals surface area contributed by atoms with Gasteiger partial charge in [-0.25, -0.2) is 4.99 Å². The van der Waals surface area contributed by atoms with E-state index in [-0.39, 0.29) is 24.0 Å². The van der Waals surface area contributed by atoms with E-state index in [0.717, 1.165) is 75.2 Å². The number of halogens is 1. The number of hydrogen-bond acceptors (Lipinski definition) is 5. The molecule has 1 aliphatic heterocycles. The third kappa shape index (κ3) is 7.50. The Balaban J connectivity index is 0.00000320. The Labute approximate surface area is 197 Å². The number of pyridine rings is 1. The van der Waals surface area contributed by atoms with Gasteiger partial charge in [-0.1, -0.05) is 19.4 Å². The van der Waals surface area contributed by atoms with Gasteiger partial charge in [-0.2, -0.15) is 0 Å². The molecule has 30 heavy (non-hydrogen) atoms. The van der Waals surface area contributed by atoms with Crippen molar-refractivity contribution in [2.45, 2.75) is 58.7 Å². The number of unbranched alkanes of at least 4 members (excludes halogenated alkanes) is 1. The average Bonchev–Trinajstić information content (AvgIpc) is 3.06. The highest BCUT2D eigenvalue weighted by atomic mass is 127. The lowest BCUT2D eigenvalue weighted by atomic mass is 10.0. The van der Waals surface area contributed by atoms with Crippen LogP contribution in [-0.4, -0.2) is 56.3 Å². The van der Waals surface area contributed by atoms with Crippen molar-refractivity contribution in [2.75, 3.05) is 19.6 Å². The molecular formula is C21H35IN8. The molecule has 3 heterocycles. The van der Waals surface area contributed by atoms with Crippen molar-refractivity contribution in [2.24, 2.45) is 12.0 Å². The van der Waals surface area contributed by atoms with E-state index in [9.17, 15) is 0 Å². The Hall–Kier alpha value is -1.75. The molecule has 1 saturated heterocycles. The van der Waals surface area contributed by atoms with E-state index in [0.29, 0.717) is 12.6 Å². The van der Waals surface area contributed by atoms with Gasteiger partial charge in [-0.15, -0.1) is 34.2 Å². The topological polar surface area (TPSA) is 83.3 Å². The molecule has 0 unspecified atom stereocenters. The molecule has 0 spiro atoms. The molecule has 166 valence electrons. The fraction of sp³-hybridized carbons (Fsp3) is 0.619. The molecule has 2 aromatic heterocycles. The maximum atomic E-state index is 4.77. The minimum atomic E-state index is 0. The summed E-state index contributed by atoms with van der Waals surface area (Å²) in [5.41, 5.74) is 1.14. The van der Waals surface area contributed by atoms with Crippen LogP contribution in [-0.2, 0) is 20.1 Å². The minimum Gasteiger partial charge on any atom is -0.356 e. The summed E-state index contributed by atoms with van der Waals surface area (Å²) in [6.07, 6.45) is 6.36. The number of hydrogen-bond donors (Lipinski definition) is 2. The number of aryl methyl sites for hydroxylation is 1. The molecule has 2 N–H and O–H groups in total. The number of rotatable bonds is 8. The molecular weight excluding hydrogens is 491 g/mol. The summed E-state index contributed by atoms with van der Waals surface area (Å²) >= 11 is 0. The quantitative estimate of drug-likeness (QED) is 0.238. The molecule has 0 aliphatic carbocycles.